The Morgan fingerprint density at radius 2 is 1.92 bits per heavy atom. The molecule has 0 aliphatic carbocycles. The first-order valence-corrected chi connectivity index (χ1v) is 6.84. The predicted octanol–water partition coefficient (Wildman–Crippen LogP) is 2.29. The summed E-state index contributed by atoms with van der Waals surface area (Å²) in [7, 11) is 0. The van der Waals surface area contributed by atoms with Gasteiger partial charge in [0.25, 0.3) is 5.91 Å². The molecule has 0 unspecified atom stereocenters. The number of pyridine rings is 1. The molecule has 0 bridgehead atoms. The van der Waals surface area contributed by atoms with Gasteiger partial charge < -0.3 is 4.98 Å². The van der Waals surface area contributed by atoms with Gasteiger partial charge >= 0.3 is 6.18 Å². The molecule has 0 spiro atoms. The van der Waals surface area contributed by atoms with Crippen LogP contribution in [-0.2, 0) is 4.79 Å². The Morgan fingerprint density at radius 3 is 2.52 bits per heavy atom. The van der Waals surface area contributed by atoms with Gasteiger partial charge in [-0.25, -0.2) is 9.82 Å². The van der Waals surface area contributed by atoms with E-state index in [0.29, 0.717) is 0 Å². The number of rotatable bonds is 4. The van der Waals surface area contributed by atoms with Gasteiger partial charge in [0.05, 0.1) is 11.9 Å². The van der Waals surface area contributed by atoms with Crippen LogP contribution in [0, 0.1) is 5.82 Å². The van der Waals surface area contributed by atoms with Gasteiger partial charge in [0.2, 0.25) is 0 Å². The van der Waals surface area contributed by atoms with E-state index in [1.54, 1.807) is 5.43 Å². The van der Waals surface area contributed by atoms with Crippen molar-refractivity contribution in [3.05, 3.63) is 46.0 Å². The van der Waals surface area contributed by atoms with E-state index < -0.39 is 41.2 Å². The average Bonchev–Trinajstić information content (AvgIpc) is 2.50. The first kappa shape index (κ1) is 18.3. The molecule has 0 saturated heterocycles. The van der Waals surface area contributed by atoms with Crippen molar-refractivity contribution in [2.75, 3.05) is 0 Å². The third kappa shape index (κ3) is 4.49. The number of Topliss-reactive ketones (excluding diaryl/α,β-unsaturated/α-hetero) is 1. The molecule has 0 atom stereocenters. The van der Waals surface area contributed by atoms with Crippen LogP contribution in [0.15, 0.2) is 34.2 Å². The quantitative estimate of drug-likeness (QED) is 0.500. The number of amides is 1. The van der Waals surface area contributed by atoms with E-state index in [0.717, 1.165) is 25.1 Å². The van der Waals surface area contributed by atoms with Gasteiger partial charge in [0.1, 0.15) is 23.0 Å². The van der Waals surface area contributed by atoms with Crippen LogP contribution < -0.4 is 10.9 Å². The fourth-order valence-electron chi connectivity index (χ4n) is 1.96. The zero-order chi connectivity index (χ0) is 18.8. The highest BCUT2D eigenvalue weighted by atomic mass is 19.4. The van der Waals surface area contributed by atoms with Gasteiger partial charge in [-0.2, -0.15) is 18.3 Å². The van der Waals surface area contributed by atoms with Crippen LogP contribution in [0.5, 0.6) is 0 Å². The number of alkyl halides is 3. The first-order chi connectivity index (χ1) is 11.6. The minimum absolute atomic E-state index is 0.0207. The second-order valence-electron chi connectivity index (χ2n) is 5.11. The number of H-pyrrole nitrogens is 1. The Kier molecular flexibility index (Phi) is 5.00. The molecule has 2 N–H and O–H groups in total. The number of aromatic nitrogens is 1. The van der Waals surface area contributed by atoms with Crippen molar-refractivity contribution in [2.45, 2.75) is 19.5 Å². The van der Waals surface area contributed by atoms with Crippen molar-refractivity contribution in [1.82, 2.24) is 10.4 Å². The number of hydrogen-bond acceptors (Lipinski definition) is 4. The molecule has 10 heteroatoms. The Hall–Kier alpha value is -3.04. The van der Waals surface area contributed by atoms with Crippen LogP contribution in [0.4, 0.5) is 17.6 Å². The largest absolute Gasteiger partial charge is 0.431 e. The van der Waals surface area contributed by atoms with Crippen LogP contribution in [-0.4, -0.2) is 28.6 Å². The van der Waals surface area contributed by atoms with Gasteiger partial charge in [0.15, 0.2) is 5.43 Å². The van der Waals surface area contributed by atoms with E-state index in [4.69, 9.17) is 0 Å². The highest BCUT2D eigenvalue weighted by Gasteiger charge is 2.36. The molecule has 6 nitrogen and oxygen atoms in total. The number of hydrogen-bond donors (Lipinski definition) is 2. The number of carbonyl (C=O) groups excluding carboxylic acids is 2. The van der Waals surface area contributed by atoms with Gasteiger partial charge in [-0.15, -0.1) is 0 Å². The number of nitrogens with zero attached hydrogens (tertiary/aromatic N) is 1. The summed E-state index contributed by atoms with van der Waals surface area (Å²) < 4.78 is 51.3. The molecular formula is C15H11F4N3O3. The predicted molar refractivity (Wildman–Crippen MR) is 80.8 cm³/mol. The molecule has 0 radical (unpaired) electrons. The summed E-state index contributed by atoms with van der Waals surface area (Å²) in [5.41, 5.74) is -0.755. The Bertz CT molecular complexity index is 932. The molecule has 2 aromatic rings. The van der Waals surface area contributed by atoms with Crippen molar-refractivity contribution < 1.29 is 27.2 Å². The topological polar surface area (TPSA) is 91.4 Å². The van der Waals surface area contributed by atoms with Crippen LogP contribution in [0.3, 0.4) is 0 Å². The summed E-state index contributed by atoms with van der Waals surface area (Å²) >= 11 is 0. The Labute approximate surface area is 137 Å². The zero-order valence-electron chi connectivity index (χ0n) is 12.7. The summed E-state index contributed by atoms with van der Waals surface area (Å²) in [6.07, 6.45) is -5.90. The van der Waals surface area contributed by atoms with Gasteiger partial charge in [-0.05, 0) is 25.1 Å². The first-order valence-electron chi connectivity index (χ1n) is 6.84. The van der Waals surface area contributed by atoms with Crippen molar-refractivity contribution >= 4 is 28.3 Å². The Morgan fingerprint density at radius 1 is 1.24 bits per heavy atom. The van der Waals surface area contributed by atoms with Crippen LogP contribution in [0.1, 0.15) is 23.8 Å². The van der Waals surface area contributed by atoms with Crippen molar-refractivity contribution in [1.29, 1.82) is 0 Å². The molecule has 1 heterocycles. The number of fused-ring (bicyclic) bond motifs is 1. The van der Waals surface area contributed by atoms with Crippen molar-refractivity contribution in [3.63, 3.8) is 0 Å². The van der Waals surface area contributed by atoms with E-state index in [1.165, 1.54) is 6.07 Å². The summed E-state index contributed by atoms with van der Waals surface area (Å²) in [5.74, 6) is -2.56. The standard InChI is InChI=1S/C15H11F4N3O3/c1-7(23)4-13(15(17,18)19)21-22-14(25)11-6-12(24)9-5-8(16)2-3-10(9)20-11/h2-3,5-6H,4H2,1H3,(H,20,24)(H,22,25)/b21-13-. The number of nitrogens with one attached hydrogen (secondary N) is 2. The van der Waals surface area contributed by atoms with E-state index in [-0.39, 0.29) is 16.6 Å². The number of ketones is 1. The van der Waals surface area contributed by atoms with E-state index in [9.17, 15) is 31.9 Å². The lowest BCUT2D eigenvalue weighted by Gasteiger charge is -2.09. The molecule has 25 heavy (non-hydrogen) atoms. The minimum atomic E-state index is -4.90. The molecule has 1 aromatic heterocycles. The third-order valence-electron chi connectivity index (χ3n) is 3.07. The molecule has 0 aliphatic heterocycles. The summed E-state index contributed by atoms with van der Waals surface area (Å²) in [4.78, 5) is 37.1. The lowest BCUT2D eigenvalue weighted by atomic mass is 10.2. The smallest absolute Gasteiger partial charge is 0.350 e. The van der Waals surface area contributed by atoms with Crippen LogP contribution >= 0.6 is 0 Å². The second kappa shape index (κ2) is 6.83. The van der Waals surface area contributed by atoms with Crippen molar-refractivity contribution in [2.24, 2.45) is 5.10 Å². The maximum atomic E-state index is 13.1. The normalized spacial score (nSPS) is 12.3. The zero-order valence-corrected chi connectivity index (χ0v) is 12.7. The number of halogens is 4. The van der Waals surface area contributed by atoms with Crippen LogP contribution in [0.25, 0.3) is 10.9 Å². The molecule has 0 aliphatic rings. The number of aromatic amines is 1. The molecule has 1 aromatic carbocycles. The summed E-state index contributed by atoms with van der Waals surface area (Å²) in [6, 6.07) is 4.03. The highest BCUT2D eigenvalue weighted by molar-refractivity contribution is 6.04. The average molecular weight is 357 g/mol. The fourth-order valence-corrected chi connectivity index (χ4v) is 1.96. The second-order valence-corrected chi connectivity index (χ2v) is 5.11. The number of benzene rings is 1. The van der Waals surface area contributed by atoms with E-state index in [1.807, 2.05) is 0 Å². The van der Waals surface area contributed by atoms with Crippen molar-refractivity contribution in [3.8, 4) is 0 Å². The minimum Gasteiger partial charge on any atom is -0.350 e. The summed E-state index contributed by atoms with van der Waals surface area (Å²) in [6.45, 7) is 0.947. The molecule has 0 saturated carbocycles. The fraction of sp³-hybridized carbons (Fsp3) is 0.200. The van der Waals surface area contributed by atoms with Gasteiger partial charge in [-0.3, -0.25) is 14.4 Å². The molecule has 1 amide bonds. The Balaban J connectivity index is 2.33. The molecule has 132 valence electrons. The van der Waals surface area contributed by atoms with Gasteiger partial charge in [0, 0.05) is 11.5 Å². The third-order valence-corrected chi connectivity index (χ3v) is 3.07. The SMILES string of the molecule is CC(=O)C/C(=N/NC(=O)c1cc(=O)c2cc(F)ccc2[nH]1)C(F)(F)F. The lowest BCUT2D eigenvalue weighted by molar-refractivity contribution is -0.117. The lowest BCUT2D eigenvalue weighted by Crippen LogP contribution is -2.30. The maximum absolute atomic E-state index is 13.1. The highest BCUT2D eigenvalue weighted by Crippen LogP contribution is 2.19. The van der Waals surface area contributed by atoms with Gasteiger partial charge in [-0.1, -0.05) is 0 Å². The maximum Gasteiger partial charge on any atom is 0.431 e. The molecule has 2 rings (SSSR count). The van der Waals surface area contributed by atoms with E-state index in [2.05, 4.69) is 10.1 Å². The number of hydrazone groups is 1. The monoisotopic (exact) mass is 357 g/mol. The molecule has 0 fully saturated rings. The molecular weight excluding hydrogens is 346 g/mol. The van der Waals surface area contributed by atoms with E-state index >= 15 is 0 Å². The van der Waals surface area contributed by atoms with Crippen LogP contribution in [0.2, 0.25) is 0 Å². The number of carbonyl (C=O) groups is 2. The summed E-state index contributed by atoms with van der Waals surface area (Å²) in [5, 5.41) is 2.90.